The van der Waals surface area contributed by atoms with Crippen molar-refractivity contribution >= 4 is 12.4 Å². The van der Waals surface area contributed by atoms with Crippen LogP contribution >= 0.6 is 0 Å². The lowest BCUT2D eigenvalue weighted by molar-refractivity contribution is -0.108. The monoisotopic (exact) mass is 221 g/mol. The van der Waals surface area contributed by atoms with E-state index in [-0.39, 0.29) is 13.0 Å². The number of hydrogen-bond acceptors (Lipinski definition) is 3. The topological polar surface area (TPSA) is 55.4 Å². The minimum Gasteiger partial charge on any atom is -0.449 e. The quantitative estimate of drug-likeness (QED) is 0.585. The molecule has 0 spiro atoms. The van der Waals surface area contributed by atoms with Gasteiger partial charge in [0.05, 0.1) is 6.61 Å². The summed E-state index contributed by atoms with van der Waals surface area (Å²) in [6, 6.07) is 9.86. The van der Waals surface area contributed by atoms with Gasteiger partial charge in [0.1, 0.15) is 6.29 Å². The van der Waals surface area contributed by atoms with Crippen molar-refractivity contribution in [2.75, 3.05) is 13.2 Å². The SMILES string of the molecule is O=CCCOC(=O)NCCc1ccccc1. The van der Waals surface area contributed by atoms with Crippen LogP contribution in [-0.4, -0.2) is 25.5 Å². The summed E-state index contributed by atoms with van der Waals surface area (Å²) in [6.07, 6.45) is 1.25. The van der Waals surface area contributed by atoms with Gasteiger partial charge in [0.25, 0.3) is 0 Å². The maximum Gasteiger partial charge on any atom is 0.407 e. The number of aldehydes is 1. The van der Waals surface area contributed by atoms with Crippen molar-refractivity contribution < 1.29 is 14.3 Å². The van der Waals surface area contributed by atoms with Crippen LogP contribution in [0.25, 0.3) is 0 Å². The number of benzene rings is 1. The molecule has 0 atom stereocenters. The molecule has 0 saturated heterocycles. The van der Waals surface area contributed by atoms with Crippen LogP contribution in [0.3, 0.4) is 0 Å². The summed E-state index contributed by atoms with van der Waals surface area (Å²) in [6.45, 7) is 0.671. The molecule has 1 aromatic rings. The molecule has 1 amide bonds. The van der Waals surface area contributed by atoms with Crippen LogP contribution in [-0.2, 0) is 16.0 Å². The van der Waals surface area contributed by atoms with Crippen molar-refractivity contribution in [3.63, 3.8) is 0 Å². The van der Waals surface area contributed by atoms with Crippen molar-refractivity contribution in [1.29, 1.82) is 0 Å². The number of ether oxygens (including phenoxy) is 1. The van der Waals surface area contributed by atoms with Crippen LogP contribution in [0.15, 0.2) is 30.3 Å². The molecule has 0 radical (unpaired) electrons. The minimum absolute atomic E-state index is 0.140. The van der Waals surface area contributed by atoms with Crippen molar-refractivity contribution in [3.05, 3.63) is 35.9 Å². The molecule has 0 aliphatic carbocycles. The van der Waals surface area contributed by atoms with E-state index in [1.165, 1.54) is 0 Å². The lowest BCUT2D eigenvalue weighted by Gasteiger charge is -2.05. The smallest absolute Gasteiger partial charge is 0.407 e. The summed E-state index contributed by atoms with van der Waals surface area (Å²) in [7, 11) is 0. The van der Waals surface area contributed by atoms with Gasteiger partial charge in [-0.15, -0.1) is 0 Å². The average Bonchev–Trinajstić information content (AvgIpc) is 2.31. The first-order valence-electron chi connectivity index (χ1n) is 5.21. The molecular weight excluding hydrogens is 206 g/mol. The van der Waals surface area contributed by atoms with Crippen molar-refractivity contribution in [3.8, 4) is 0 Å². The third-order valence-electron chi connectivity index (χ3n) is 1.99. The van der Waals surface area contributed by atoms with Crippen LogP contribution in [0.4, 0.5) is 4.79 Å². The molecule has 1 aromatic carbocycles. The molecule has 4 nitrogen and oxygen atoms in total. The highest BCUT2D eigenvalue weighted by Crippen LogP contribution is 1.98. The van der Waals surface area contributed by atoms with Gasteiger partial charge >= 0.3 is 6.09 Å². The molecule has 0 unspecified atom stereocenters. The fourth-order valence-corrected chi connectivity index (χ4v) is 1.20. The third-order valence-corrected chi connectivity index (χ3v) is 1.99. The highest BCUT2D eigenvalue weighted by Gasteiger charge is 2.00. The van der Waals surface area contributed by atoms with Crippen LogP contribution in [0.5, 0.6) is 0 Å². The first-order valence-corrected chi connectivity index (χ1v) is 5.21. The summed E-state index contributed by atoms with van der Waals surface area (Å²) >= 11 is 0. The van der Waals surface area contributed by atoms with Gasteiger partial charge in [0.15, 0.2) is 0 Å². The van der Waals surface area contributed by atoms with Gasteiger partial charge in [0, 0.05) is 13.0 Å². The third kappa shape index (κ3) is 5.14. The molecule has 0 saturated carbocycles. The van der Waals surface area contributed by atoms with E-state index in [4.69, 9.17) is 4.74 Å². The molecule has 0 heterocycles. The number of nitrogens with one attached hydrogen (secondary N) is 1. The number of rotatable bonds is 6. The summed E-state index contributed by atoms with van der Waals surface area (Å²) in [5, 5.41) is 2.61. The Morgan fingerprint density at radius 1 is 1.31 bits per heavy atom. The maximum absolute atomic E-state index is 11.1. The highest BCUT2D eigenvalue weighted by atomic mass is 16.5. The van der Waals surface area contributed by atoms with E-state index in [2.05, 4.69) is 5.32 Å². The van der Waals surface area contributed by atoms with E-state index >= 15 is 0 Å². The minimum atomic E-state index is -0.474. The molecule has 0 aliphatic heterocycles. The summed E-state index contributed by atoms with van der Waals surface area (Å²) < 4.78 is 4.74. The molecular formula is C12H15NO3. The van der Waals surface area contributed by atoms with E-state index < -0.39 is 6.09 Å². The fourth-order valence-electron chi connectivity index (χ4n) is 1.20. The van der Waals surface area contributed by atoms with Crippen molar-refractivity contribution in [1.82, 2.24) is 5.32 Å². The second-order valence-electron chi connectivity index (χ2n) is 3.25. The Balaban J connectivity index is 2.11. The second-order valence-corrected chi connectivity index (χ2v) is 3.25. The van der Waals surface area contributed by atoms with Crippen LogP contribution < -0.4 is 5.32 Å². The van der Waals surface area contributed by atoms with Crippen molar-refractivity contribution in [2.24, 2.45) is 0 Å². The Morgan fingerprint density at radius 3 is 2.75 bits per heavy atom. The molecule has 16 heavy (non-hydrogen) atoms. The van der Waals surface area contributed by atoms with E-state index in [1.807, 2.05) is 30.3 Å². The summed E-state index contributed by atoms with van der Waals surface area (Å²) in [5.74, 6) is 0. The largest absolute Gasteiger partial charge is 0.449 e. The first kappa shape index (κ1) is 12.2. The summed E-state index contributed by atoms with van der Waals surface area (Å²) in [4.78, 5) is 21.0. The molecule has 0 fully saturated rings. The van der Waals surface area contributed by atoms with Gasteiger partial charge in [-0.3, -0.25) is 0 Å². The molecule has 1 rings (SSSR count). The highest BCUT2D eigenvalue weighted by molar-refractivity contribution is 5.67. The van der Waals surface area contributed by atoms with Crippen molar-refractivity contribution in [2.45, 2.75) is 12.8 Å². The number of carbonyl (C=O) groups excluding carboxylic acids is 2. The molecule has 4 heteroatoms. The van der Waals surface area contributed by atoms with E-state index in [0.717, 1.165) is 18.3 Å². The Labute approximate surface area is 94.6 Å². The summed E-state index contributed by atoms with van der Waals surface area (Å²) in [5.41, 5.74) is 1.16. The van der Waals surface area contributed by atoms with Crippen LogP contribution in [0.1, 0.15) is 12.0 Å². The van der Waals surface area contributed by atoms with E-state index in [1.54, 1.807) is 0 Å². The Kier molecular flexibility index (Phi) is 5.70. The number of hydrogen-bond donors (Lipinski definition) is 1. The Bertz CT molecular complexity index is 324. The second kappa shape index (κ2) is 7.45. The number of amides is 1. The van der Waals surface area contributed by atoms with Gasteiger partial charge in [-0.25, -0.2) is 4.79 Å². The Hall–Kier alpha value is -1.84. The number of carbonyl (C=O) groups is 2. The van der Waals surface area contributed by atoms with E-state index in [9.17, 15) is 9.59 Å². The average molecular weight is 221 g/mol. The first-order chi connectivity index (χ1) is 7.83. The van der Waals surface area contributed by atoms with Gasteiger partial charge in [-0.1, -0.05) is 30.3 Å². The predicted octanol–water partition coefficient (Wildman–Crippen LogP) is 1.54. The lowest BCUT2D eigenvalue weighted by Crippen LogP contribution is -2.26. The normalized spacial score (nSPS) is 9.50. The molecule has 1 N–H and O–H groups in total. The zero-order valence-electron chi connectivity index (χ0n) is 9.02. The van der Waals surface area contributed by atoms with Gasteiger partial charge < -0.3 is 14.8 Å². The predicted molar refractivity (Wildman–Crippen MR) is 60.2 cm³/mol. The molecule has 0 aliphatic rings. The van der Waals surface area contributed by atoms with Gasteiger partial charge in [-0.05, 0) is 12.0 Å². The Morgan fingerprint density at radius 2 is 2.06 bits per heavy atom. The van der Waals surface area contributed by atoms with Crippen LogP contribution in [0, 0.1) is 0 Å². The van der Waals surface area contributed by atoms with E-state index in [0.29, 0.717) is 6.54 Å². The molecule has 0 bridgehead atoms. The fraction of sp³-hybridized carbons (Fsp3) is 0.333. The van der Waals surface area contributed by atoms with Crippen LogP contribution in [0.2, 0.25) is 0 Å². The zero-order chi connectivity index (χ0) is 11.6. The maximum atomic E-state index is 11.1. The van der Waals surface area contributed by atoms with Gasteiger partial charge in [0.2, 0.25) is 0 Å². The molecule has 0 aromatic heterocycles. The lowest BCUT2D eigenvalue weighted by atomic mass is 10.1. The zero-order valence-corrected chi connectivity index (χ0v) is 9.02. The van der Waals surface area contributed by atoms with Gasteiger partial charge in [-0.2, -0.15) is 0 Å². The standard InChI is InChI=1S/C12H15NO3/c14-9-4-10-16-12(15)13-8-7-11-5-2-1-3-6-11/h1-3,5-6,9H,4,7-8,10H2,(H,13,15). The molecule has 86 valence electrons. The number of alkyl carbamates (subject to hydrolysis) is 1.